The molecule has 0 radical (unpaired) electrons. The SMILES string of the molecule is COc1ccc(-c2csnc2-c2cc(OC)c(OC)c(OC)c2)cc1NC(=O)[C@@H]([NH3+])c1ccccc1.[Cl-]. The molecule has 3 aromatic carbocycles. The minimum absolute atomic E-state index is 0. The van der Waals surface area contributed by atoms with E-state index in [9.17, 15) is 4.79 Å². The first kappa shape index (κ1) is 27.8. The second-order valence-corrected chi connectivity index (χ2v) is 8.49. The molecule has 0 aliphatic rings. The molecule has 0 spiro atoms. The monoisotopic (exact) mass is 541 g/mol. The number of halogens is 1. The molecular weight excluding hydrogens is 514 g/mol. The van der Waals surface area contributed by atoms with Crippen LogP contribution in [0.4, 0.5) is 5.69 Å². The van der Waals surface area contributed by atoms with Gasteiger partial charge >= 0.3 is 0 Å². The van der Waals surface area contributed by atoms with E-state index in [1.54, 1.807) is 28.4 Å². The van der Waals surface area contributed by atoms with Crippen molar-refractivity contribution in [2.45, 2.75) is 6.04 Å². The van der Waals surface area contributed by atoms with Gasteiger partial charge in [0.05, 0.1) is 39.8 Å². The summed E-state index contributed by atoms with van der Waals surface area (Å²) in [6.07, 6.45) is 0. The van der Waals surface area contributed by atoms with Gasteiger partial charge < -0.3 is 42.4 Å². The maximum absolute atomic E-state index is 13.0. The number of amides is 1. The van der Waals surface area contributed by atoms with Crippen molar-refractivity contribution in [3.05, 3.63) is 71.6 Å². The Labute approximate surface area is 225 Å². The minimum Gasteiger partial charge on any atom is -1.00 e. The number of rotatable bonds is 9. The van der Waals surface area contributed by atoms with E-state index >= 15 is 0 Å². The van der Waals surface area contributed by atoms with Crippen LogP contribution in [0.5, 0.6) is 23.0 Å². The Bertz CT molecular complexity index is 1340. The molecule has 1 amide bonds. The molecular formula is C27H28ClN3O5S. The van der Waals surface area contributed by atoms with Crippen LogP contribution in [0.3, 0.4) is 0 Å². The Morgan fingerprint density at radius 2 is 1.51 bits per heavy atom. The summed E-state index contributed by atoms with van der Waals surface area (Å²) in [5.41, 5.74) is 8.73. The first-order chi connectivity index (χ1) is 17.5. The Hall–Kier alpha value is -3.79. The summed E-state index contributed by atoms with van der Waals surface area (Å²) in [7, 11) is 6.28. The van der Waals surface area contributed by atoms with Crippen LogP contribution in [0.1, 0.15) is 11.6 Å². The smallest absolute Gasteiger partial charge is 0.287 e. The van der Waals surface area contributed by atoms with Crippen molar-refractivity contribution < 1.29 is 41.9 Å². The largest absolute Gasteiger partial charge is 1.00 e. The van der Waals surface area contributed by atoms with Gasteiger partial charge in [-0.3, -0.25) is 4.79 Å². The van der Waals surface area contributed by atoms with E-state index in [2.05, 4.69) is 15.4 Å². The Morgan fingerprint density at radius 1 is 0.865 bits per heavy atom. The highest BCUT2D eigenvalue weighted by Crippen LogP contribution is 2.44. The number of methoxy groups -OCH3 is 4. The fourth-order valence-electron chi connectivity index (χ4n) is 3.90. The van der Waals surface area contributed by atoms with E-state index in [4.69, 9.17) is 18.9 Å². The molecule has 0 unspecified atom stereocenters. The van der Waals surface area contributed by atoms with Gasteiger partial charge in [0, 0.05) is 22.1 Å². The predicted molar refractivity (Wildman–Crippen MR) is 140 cm³/mol. The highest BCUT2D eigenvalue weighted by molar-refractivity contribution is 7.04. The van der Waals surface area contributed by atoms with E-state index in [0.717, 1.165) is 27.9 Å². The van der Waals surface area contributed by atoms with Crippen molar-refractivity contribution in [1.82, 2.24) is 4.37 Å². The molecule has 0 saturated carbocycles. The average Bonchev–Trinajstić information content (AvgIpc) is 3.42. The summed E-state index contributed by atoms with van der Waals surface area (Å²) in [5.74, 6) is 1.90. The van der Waals surface area contributed by atoms with E-state index in [1.807, 2.05) is 66.0 Å². The van der Waals surface area contributed by atoms with Gasteiger partial charge in [-0.25, -0.2) is 0 Å². The zero-order valence-corrected chi connectivity index (χ0v) is 22.5. The van der Waals surface area contributed by atoms with Gasteiger partial charge in [-0.2, -0.15) is 4.37 Å². The lowest BCUT2D eigenvalue weighted by atomic mass is 10.00. The number of benzene rings is 3. The minimum atomic E-state index is -0.572. The normalized spacial score (nSPS) is 11.2. The van der Waals surface area contributed by atoms with Gasteiger partial charge in [0.1, 0.15) is 5.75 Å². The van der Waals surface area contributed by atoms with E-state index < -0.39 is 6.04 Å². The van der Waals surface area contributed by atoms with Crippen LogP contribution >= 0.6 is 11.5 Å². The van der Waals surface area contributed by atoms with Crippen molar-refractivity contribution in [1.29, 1.82) is 0 Å². The number of carbonyl (C=O) groups is 1. The van der Waals surface area contributed by atoms with E-state index in [0.29, 0.717) is 28.7 Å². The topological polar surface area (TPSA) is 107 Å². The molecule has 4 aromatic rings. The second-order valence-electron chi connectivity index (χ2n) is 7.86. The van der Waals surface area contributed by atoms with Gasteiger partial charge in [0.2, 0.25) is 5.75 Å². The molecule has 1 heterocycles. The number of aromatic nitrogens is 1. The summed E-state index contributed by atoms with van der Waals surface area (Å²) >= 11 is 1.33. The van der Waals surface area contributed by atoms with Crippen molar-refractivity contribution in [3.63, 3.8) is 0 Å². The van der Waals surface area contributed by atoms with Gasteiger partial charge in [0.15, 0.2) is 17.5 Å². The molecule has 0 saturated heterocycles. The number of nitrogens with one attached hydrogen (secondary N) is 1. The third-order valence-corrected chi connectivity index (χ3v) is 6.42. The highest BCUT2D eigenvalue weighted by atomic mass is 35.5. The summed E-state index contributed by atoms with van der Waals surface area (Å²) < 4.78 is 26.6. The van der Waals surface area contributed by atoms with Crippen molar-refractivity contribution in [2.75, 3.05) is 33.8 Å². The number of ether oxygens (including phenoxy) is 4. The van der Waals surface area contributed by atoms with Crippen molar-refractivity contribution >= 4 is 23.1 Å². The number of hydrogen-bond acceptors (Lipinski definition) is 7. The molecule has 0 fully saturated rings. The molecule has 1 aromatic heterocycles. The first-order valence-corrected chi connectivity index (χ1v) is 12.0. The van der Waals surface area contributed by atoms with Crippen LogP contribution in [-0.4, -0.2) is 38.7 Å². The third-order valence-electron chi connectivity index (χ3n) is 5.79. The molecule has 37 heavy (non-hydrogen) atoms. The van der Waals surface area contributed by atoms with Gasteiger partial charge in [0.25, 0.3) is 5.91 Å². The van der Waals surface area contributed by atoms with Crippen LogP contribution in [0.2, 0.25) is 0 Å². The molecule has 1 atom stereocenters. The lowest BCUT2D eigenvalue weighted by Gasteiger charge is -2.15. The number of quaternary nitrogens is 1. The second kappa shape index (κ2) is 12.4. The fraction of sp³-hybridized carbons (Fsp3) is 0.185. The number of anilines is 1. The Kier molecular flexibility index (Phi) is 9.35. The maximum Gasteiger partial charge on any atom is 0.287 e. The molecule has 194 valence electrons. The maximum atomic E-state index is 13.0. The van der Waals surface area contributed by atoms with Crippen LogP contribution in [0.25, 0.3) is 22.4 Å². The summed E-state index contributed by atoms with van der Waals surface area (Å²) in [6, 6.07) is 18.2. The standard InChI is InChI=1S/C27H27N3O5S.ClH/c1-32-21-11-10-17(12-20(21)29-27(31)24(28)16-8-6-5-7-9-16)19-15-36-30-25(19)18-13-22(33-2)26(35-4)23(14-18)34-3;/h5-15,24H,28H2,1-4H3,(H,29,31);1H/t24-;/m0./s1. The lowest BCUT2D eigenvalue weighted by Crippen LogP contribution is -3.00. The quantitative estimate of drug-likeness (QED) is 0.332. The summed E-state index contributed by atoms with van der Waals surface area (Å²) in [5, 5.41) is 4.93. The van der Waals surface area contributed by atoms with Gasteiger partial charge in [-0.05, 0) is 41.4 Å². The predicted octanol–water partition coefficient (Wildman–Crippen LogP) is 1.44. The zero-order valence-electron chi connectivity index (χ0n) is 20.9. The van der Waals surface area contributed by atoms with Gasteiger partial charge in [-0.1, -0.05) is 36.4 Å². The average molecular weight is 542 g/mol. The molecule has 4 N–H and O–H groups in total. The first-order valence-electron chi connectivity index (χ1n) is 11.1. The van der Waals surface area contributed by atoms with Gasteiger partial charge in [-0.15, -0.1) is 0 Å². The summed E-state index contributed by atoms with van der Waals surface area (Å²) in [6.45, 7) is 0. The van der Waals surface area contributed by atoms with E-state index in [-0.39, 0.29) is 18.3 Å². The summed E-state index contributed by atoms with van der Waals surface area (Å²) in [4.78, 5) is 13.0. The van der Waals surface area contributed by atoms with Crippen molar-refractivity contribution in [2.24, 2.45) is 0 Å². The molecule has 8 nitrogen and oxygen atoms in total. The molecule has 10 heteroatoms. The van der Waals surface area contributed by atoms with Crippen molar-refractivity contribution in [3.8, 4) is 45.4 Å². The third kappa shape index (κ3) is 5.80. The number of hydrogen-bond donors (Lipinski definition) is 2. The number of nitrogens with zero attached hydrogens (tertiary/aromatic N) is 1. The number of carbonyl (C=O) groups excluding carboxylic acids is 1. The molecule has 0 aliphatic carbocycles. The Balaban J connectivity index is 0.00000380. The van der Waals surface area contributed by atoms with Crippen LogP contribution in [0, 0.1) is 0 Å². The molecule has 0 bridgehead atoms. The Morgan fingerprint density at radius 3 is 2.11 bits per heavy atom. The van der Waals surface area contributed by atoms with E-state index in [1.165, 1.54) is 11.5 Å². The molecule has 4 rings (SSSR count). The zero-order chi connectivity index (χ0) is 25.7. The molecule has 0 aliphatic heterocycles. The van der Waals surface area contributed by atoms with Crippen LogP contribution in [-0.2, 0) is 4.79 Å². The fourth-order valence-corrected chi connectivity index (χ4v) is 4.61. The van der Waals surface area contributed by atoms with Crippen LogP contribution in [0.15, 0.2) is 66.0 Å². The van der Waals surface area contributed by atoms with Crippen LogP contribution < -0.4 is 42.4 Å². The lowest BCUT2D eigenvalue weighted by molar-refractivity contribution is -0.408. The highest BCUT2D eigenvalue weighted by Gasteiger charge is 2.22.